The van der Waals surface area contributed by atoms with Crippen molar-refractivity contribution in [2.45, 2.75) is 0 Å². The lowest BCUT2D eigenvalue weighted by atomic mass is 9.84. The molecule has 0 aliphatic carbocycles. The Morgan fingerprint density at radius 3 is 0.871 bits per heavy atom. The largest absolute Gasteiger partial charge is 0.327 e. The summed E-state index contributed by atoms with van der Waals surface area (Å²) in [6.45, 7) is 0. The van der Waals surface area contributed by atoms with Crippen LogP contribution in [0.1, 0.15) is 0 Å². The number of aryl methyl sites for hydroxylation is 2. The molecule has 13 aromatic rings. The van der Waals surface area contributed by atoms with Gasteiger partial charge in [0.2, 0.25) is 0 Å². The van der Waals surface area contributed by atoms with E-state index in [4.69, 9.17) is 9.97 Å². The molecule has 0 N–H and O–H groups in total. The van der Waals surface area contributed by atoms with Crippen LogP contribution in [0.4, 0.5) is 0 Å². The summed E-state index contributed by atoms with van der Waals surface area (Å²) in [6.07, 6.45) is 0. The summed E-state index contributed by atoms with van der Waals surface area (Å²) >= 11 is 0. The van der Waals surface area contributed by atoms with E-state index in [1.807, 2.05) is 12.1 Å². The van der Waals surface area contributed by atoms with Crippen molar-refractivity contribution in [2.75, 3.05) is 0 Å². The van der Waals surface area contributed by atoms with Gasteiger partial charge in [0.25, 0.3) is 0 Å². The third kappa shape index (κ3) is 7.08. The molecule has 11 aromatic carbocycles. The second-order valence-electron chi connectivity index (χ2n) is 18.3. The summed E-state index contributed by atoms with van der Waals surface area (Å²) in [5, 5.41) is 4.91. The lowest BCUT2D eigenvalue weighted by Gasteiger charge is -2.20. The highest BCUT2D eigenvalue weighted by Crippen LogP contribution is 2.46. The van der Waals surface area contributed by atoms with Crippen LogP contribution in [0.5, 0.6) is 0 Å². The fourth-order valence-corrected chi connectivity index (χ4v) is 10.6. The van der Waals surface area contributed by atoms with Crippen LogP contribution < -0.4 is 0 Å². The SMILES string of the molecule is Cn1c(-c2ccccc2)nc2cc(-c3ccc(-c4ccc5c(-c6ccccc6)c6cc(-c7ccc(-c8ccc9c(c8)nc(-c8ccccc8)n9C)cc7)ccc6c(-c6ccccc6)c5c4)cc3)ccc21. The minimum atomic E-state index is 0.970. The van der Waals surface area contributed by atoms with Gasteiger partial charge in [-0.05, 0) is 125 Å². The summed E-state index contributed by atoms with van der Waals surface area (Å²) in [4.78, 5) is 10.1. The van der Waals surface area contributed by atoms with E-state index in [9.17, 15) is 0 Å². The van der Waals surface area contributed by atoms with E-state index >= 15 is 0 Å². The molecule has 2 aromatic heterocycles. The Kier molecular flexibility index (Phi) is 9.91. The summed E-state index contributed by atoms with van der Waals surface area (Å²) in [5.74, 6) is 1.94. The number of fused-ring (bicyclic) bond motifs is 4. The number of rotatable bonds is 8. The predicted octanol–water partition coefficient (Wildman–Crippen LogP) is 17.1. The van der Waals surface area contributed by atoms with E-state index in [-0.39, 0.29) is 0 Å². The van der Waals surface area contributed by atoms with Crippen LogP contribution in [0.3, 0.4) is 0 Å². The Morgan fingerprint density at radius 2 is 0.529 bits per heavy atom. The Morgan fingerprint density at radius 1 is 0.243 bits per heavy atom. The van der Waals surface area contributed by atoms with Crippen LogP contribution in [0.25, 0.3) is 133 Å². The molecular weight excluding hydrogens is 849 g/mol. The van der Waals surface area contributed by atoms with E-state index < -0.39 is 0 Å². The molecule has 0 saturated heterocycles. The van der Waals surface area contributed by atoms with Crippen LogP contribution in [-0.2, 0) is 14.1 Å². The first-order valence-electron chi connectivity index (χ1n) is 23.9. The zero-order chi connectivity index (χ0) is 46.7. The molecule has 330 valence electrons. The molecule has 0 aliphatic heterocycles. The molecule has 2 heterocycles. The van der Waals surface area contributed by atoms with Crippen molar-refractivity contribution < 1.29 is 0 Å². The van der Waals surface area contributed by atoms with Crippen LogP contribution in [0.15, 0.2) is 243 Å². The molecule has 0 radical (unpaired) electrons. The van der Waals surface area contributed by atoms with Crippen molar-refractivity contribution in [1.82, 2.24) is 19.1 Å². The maximum absolute atomic E-state index is 5.06. The van der Waals surface area contributed by atoms with Gasteiger partial charge < -0.3 is 9.13 Å². The average molecular weight is 895 g/mol. The van der Waals surface area contributed by atoms with Gasteiger partial charge in [-0.25, -0.2) is 9.97 Å². The minimum absolute atomic E-state index is 0.970. The number of benzene rings is 11. The molecule has 70 heavy (non-hydrogen) atoms. The van der Waals surface area contributed by atoms with Crippen molar-refractivity contribution >= 4 is 43.6 Å². The van der Waals surface area contributed by atoms with Gasteiger partial charge in [0.1, 0.15) is 11.6 Å². The van der Waals surface area contributed by atoms with E-state index in [0.29, 0.717) is 0 Å². The minimum Gasteiger partial charge on any atom is -0.327 e. The molecule has 0 amide bonds. The average Bonchev–Trinajstić information content (AvgIpc) is 3.95. The molecule has 0 aliphatic rings. The molecule has 0 fully saturated rings. The number of imidazole rings is 2. The second kappa shape index (κ2) is 16.9. The van der Waals surface area contributed by atoms with Crippen molar-refractivity contribution in [2.24, 2.45) is 14.1 Å². The van der Waals surface area contributed by atoms with Gasteiger partial charge in [-0.3, -0.25) is 0 Å². The summed E-state index contributed by atoms with van der Waals surface area (Å²) < 4.78 is 4.36. The van der Waals surface area contributed by atoms with Crippen LogP contribution >= 0.6 is 0 Å². The van der Waals surface area contributed by atoms with Gasteiger partial charge in [-0.1, -0.05) is 206 Å². The first-order valence-corrected chi connectivity index (χ1v) is 23.9. The standard InChI is InChI=1S/C66H46N4/c1-69-61-37-33-53(41-59(61)67-65(69)49-19-11-5-12-20-49)45-27-23-43(24-28-45)51-31-35-55-57(39-51)63(47-15-7-3-8-16-47)56-36-32-52(40-58(56)64(55)48-17-9-4-10-18-48)44-25-29-46(30-26-44)54-34-38-62-60(42-54)68-66(70(62)2)50-21-13-6-14-22-50/h3-42H,1-2H3. The molecule has 0 bridgehead atoms. The molecule has 4 heteroatoms. The third-order valence-corrected chi connectivity index (χ3v) is 14.2. The van der Waals surface area contributed by atoms with Crippen LogP contribution in [0, 0.1) is 0 Å². The monoisotopic (exact) mass is 894 g/mol. The van der Waals surface area contributed by atoms with Crippen LogP contribution in [-0.4, -0.2) is 19.1 Å². The number of hydrogen-bond donors (Lipinski definition) is 0. The normalized spacial score (nSPS) is 11.6. The Hall–Kier alpha value is -9.12. The predicted molar refractivity (Wildman–Crippen MR) is 293 cm³/mol. The van der Waals surface area contributed by atoms with Crippen molar-refractivity contribution in [3.63, 3.8) is 0 Å². The molecule has 4 nitrogen and oxygen atoms in total. The van der Waals surface area contributed by atoms with E-state index in [1.165, 1.54) is 66.1 Å². The molecule has 0 saturated carbocycles. The number of nitrogens with zero attached hydrogens (tertiary/aromatic N) is 4. The fraction of sp³-hybridized carbons (Fsp3) is 0.0303. The first-order chi connectivity index (χ1) is 34.5. The zero-order valence-electron chi connectivity index (χ0n) is 38.9. The van der Waals surface area contributed by atoms with Crippen molar-refractivity contribution in [1.29, 1.82) is 0 Å². The van der Waals surface area contributed by atoms with E-state index in [2.05, 4.69) is 254 Å². The first kappa shape index (κ1) is 41.1. The van der Waals surface area contributed by atoms with Crippen LogP contribution in [0.2, 0.25) is 0 Å². The number of aromatic nitrogens is 4. The van der Waals surface area contributed by atoms with Crippen molar-refractivity contribution in [3.8, 4) is 89.5 Å². The Balaban J connectivity index is 0.889. The summed E-state index contributed by atoms with van der Waals surface area (Å²) in [6, 6.07) is 87.9. The van der Waals surface area contributed by atoms with E-state index in [1.54, 1.807) is 0 Å². The van der Waals surface area contributed by atoms with Gasteiger partial charge in [0.15, 0.2) is 0 Å². The smallest absolute Gasteiger partial charge is 0.140 e. The maximum Gasteiger partial charge on any atom is 0.140 e. The highest BCUT2D eigenvalue weighted by molar-refractivity contribution is 6.22. The highest BCUT2D eigenvalue weighted by atomic mass is 15.1. The Labute approximate surface area is 407 Å². The van der Waals surface area contributed by atoms with Crippen molar-refractivity contribution in [3.05, 3.63) is 243 Å². The topological polar surface area (TPSA) is 35.6 Å². The third-order valence-electron chi connectivity index (χ3n) is 14.2. The highest BCUT2D eigenvalue weighted by Gasteiger charge is 2.19. The molecule has 0 atom stereocenters. The fourth-order valence-electron chi connectivity index (χ4n) is 10.6. The maximum atomic E-state index is 5.06. The Bertz CT molecular complexity index is 3810. The second-order valence-corrected chi connectivity index (χ2v) is 18.3. The van der Waals surface area contributed by atoms with Gasteiger partial charge in [0.05, 0.1) is 22.1 Å². The quantitative estimate of drug-likeness (QED) is 0.143. The molecule has 13 rings (SSSR count). The van der Waals surface area contributed by atoms with Gasteiger partial charge in [0, 0.05) is 25.2 Å². The molecule has 0 spiro atoms. The molecular formula is C66H46N4. The lowest BCUT2D eigenvalue weighted by Crippen LogP contribution is -1.92. The summed E-state index contributed by atoms with van der Waals surface area (Å²) in [7, 11) is 4.18. The van der Waals surface area contributed by atoms with Gasteiger partial charge in [-0.15, -0.1) is 0 Å². The lowest BCUT2D eigenvalue weighted by molar-refractivity contribution is 0.959. The van der Waals surface area contributed by atoms with Gasteiger partial charge in [-0.2, -0.15) is 0 Å². The summed E-state index contributed by atoms with van der Waals surface area (Å²) in [5.41, 5.74) is 20.6. The molecule has 0 unspecified atom stereocenters. The van der Waals surface area contributed by atoms with E-state index in [0.717, 1.165) is 67.1 Å². The number of hydrogen-bond acceptors (Lipinski definition) is 2. The zero-order valence-corrected chi connectivity index (χ0v) is 38.9. The van der Waals surface area contributed by atoms with Gasteiger partial charge >= 0.3 is 0 Å².